The van der Waals surface area contributed by atoms with Crippen molar-refractivity contribution in [2.75, 3.05) is 26.2 Å². The summed E-state index contributed by atoms with van der Waals surface area (Å²) in [5.41, 5.74) is 2.36. The number of carbonyl (C=O) groups excluding carboxylic acids is 1. The van der Waals surface area contributed by atoms with Gasteiger partial charge >= 0.3 is 0 Å². The van der Waals surface area contributed by atoms with Crippen molar-refractivity contribution in [1.82, 2.24) is 23.9 Å². The maximum Gasteiger partial charge on any atom is 0.253 e. The number of imidazole rings is 1. The number of amides is 1. The van der Waals surface area contributed by atoms with Crippen molar-refractivity contribution in [2.45, 2.75) is 31.3 Å². The van der Waals surface area contributed by atoms with E-state index in [0.717, 1.165) is 42.3 Å². The van der Waals surface area contributed by atoms with Crippen LogP contribution in [0.3, 0.4) is 0 Å². The molecule has 3 heterocycles. The summed E-state index contributed by atoms with van der Waals surface area (Å²) in [6, 6.07) is 11.8. The van der Waals surface area contributed by atoms with Gasteiger partial charge in [-0.3, -0.25) is 9.69 Å². The number of rotatable bonds is 6. The Morgan fingerprint density at radius 3 is 2.53 bits per heavy atom. The van der Waals surface area contributed by atoms with Crippen molar-refractivity contribution in [3.63, 3.8) is 0 Å². The van der Waals surface area contributed by atoms with Gasteiger partial charge in [0.1, 0.15) is 16.6 Å². The van der Waals surface area contributed by atoms with Gasteiger partial charge in [-0.1, -0.05) is 12.1 Å². The number of nitrogens with zero attached hydrogens (tertiary/aromatic N) is 4. The van der Waals surface area contributed by atoms with Gasteiger partial charge in [-0.15, -0.1) is 0 Å². The number of carbonyl (C=O) groups is 1. The smallest absolute Gasteiger partial charge is 0.253 e. The molecule has 0 radical (unpaired) electrons. The summed E-state index contributed by atoms with van der Waals surface area (Å²) >= 11 is 0. The molecule has 1 atom stereocenters. The zero-order chi connectivity index (χ0) is 21.1. The summed E-state index contributed by atoms with van der Waals surface area (Å²) in [6.07, 6.45) is 5.28. The van der Waals surface area contributed by atoms with E-state index in [2.05, 4.69) is 29.0 Å². The average Bonchev–Trinajstić information content (AvgIpc) is 3.25. The van der Waals surface area contributed by atoms with Crippen molar-refractivity contribution < 1.29 is 9.00 Å². The molecule has 0 saturated carbocycles. The van der Waals surface area contributed by atoms with Crippen LogP contribution in [0.2, 0.25) is 0 Å². The first-order valence-corrected chi connectivity index (χ1v) is 11.3. The monoisotopic (exact) mass is 425 g/mol. The lowest BCUT2D eigenvalue weighted by molar-refractivity contribution is 0.0950. The highest BCUT2D eigenvalue weighted by Gasteiger charge is 2.23. The number of fused-ring (bicyclic) bond motifs is 1. The first kappa shape index (κ1) is 20.7. The standard InChI is InChI=1S/C22H27N5O2S/c1-17(2)25-11-13-27(14-12-25)30(29)20-6-3-18(4-7-20)15-24-22(28)19-5-8-21-23-9-10-26(21)16-19/h3-10,16-17H,11-15H2,1-2H3,(H,24,28). The first-order chi connectivity index (χ1) is 14.5. The second-order valence-corrected chi connectivity index (χ2v) is 9.23. The molecule has 0 aliphatic carbocycles. The summed E-state index contributed by atoms with van der Waals surface area (Å²) in [6.45, 7) is 8.31. The Hall–Kier alpha value is -2.55. The summed E-state index contributed by atoms with van der Waals surface area (Å²) in [5.74, 6) is -0.138. The van der Waals surface area contributed by atoms with E-state index in [4.69, 9.17) is 0 Å². The van der Waals surface area contributed by atoms with E-state index in [1.54, 1.807) is 18.5 Å². The number of piperazine rings is 1. The number of benzene rings is 1. The highest BCUT2D eigenvalue weighted by Crippen LogP contribution is 2.16. The predicted octanol–water partition coefficient (Wildman–Crippen LogP) is 2.31. The van der Waals surface area contributed by atoms with Crippen LogP contribution in [0.15, 0.2) is 59.9 Å². The summed E-state index contributed by atoms with van der Waals surface area (Å²) in [7, 11) is -1.15. The van der Waals surface area contributed by atoms with E-state index in [9.17, 15) is 9.00 Å². The van der Waals surface area contributed by atoms with E-state index in [1.165, 1.54) is 0 Å². The van der Waals surface area contributed by atoms with Gasteiger partial charge < -0.3 is 9.72 Å². The lowest BCUT2D eigenvalue weighted by atomic mass is 10.2. The molecule has 1 fully saturated rings. The predicted molar refractivity (Wildman–Crippen MR) is 117 cm³/mol. The van der Waals surface area contributed by atoms with Gasteiger partial charge in [0, 0.05) is 57.4 Å². The molecule has 4 rings (SSSR count). The average molecular weight is 426 g/mol. The largest absolute Gasteiger partial charge is 0.348 e. The van der Waals surface area contributed by atoms with E-state index in [1.807, 2.05) is 45.2 Å². The fraction of sp³-hybridized carbons (Fsp3) is 0.364. The van der Waals surface area contributed by atoms with Gasteiger partial charge in [-0.2, -0.15) is 0 Å². The normalized spacial score (nSPS) is 16.8. The zero-order valence-corrected chi connectivity index (χ0v) is 18.1. The van der Waals surface area contributed by atoms with Gasteiger partial charge in [0.05, 0.1) is 10.5 Å². The third-order valence-corrected chi connectivity index (χ3v) is 6.98. The number of aromatic nitrogens is 2. The molecular formula is C22H27N5O2S. The molecule has 1 saturated heterocycles. The van der Waals surface area contributed by atoms with Crippen molar-refractivity contribution in [1.29, 1.82) is 0 Å². The molecule has 1 unspecified atom stereocenters. The van der Waals surface area contributed by atoms with Gasteiger partial charge in [0.15, 0.2) is 0 Å². The molecule has 1 N–H and O–H groups in total. The minimum absolute atomic E-state index is 0.138. The SMILES string of the molecule is CC(C)N1CCN(S(=O)c2ccc(CNC(=O)c3ccc4nccn4c3)cc2)CC1. The molecule has 1 aliphatic heterocycles. The maximum atomic E-state index is 12.9. The van der Waals surface area contributed by atoms with E-state index < -0.39 is 11.0 Å². The van der Waals surface area contributed by atoms with Crippen LogP contribution in [-0.4, -0.2) is 60.9 Å². The zero-order valence-electron chi connectivity index (χ0n) is 17.3. The summed E-state index contributed by atoms with van der Waals surface area (Å²) < 4.78 is 16.7. The molecule has 1 amide bonds. The Morgan fingerprint density at radius 1 is 1.10 bits per heavy atom. The van der Waals surface area contributed by atoms with Gasteiger partial charge in [-0.05, 0) is 43.7 Å². The highest BCUT2D eigenvalue weighted by molar-refractivity contribution is 7.82. The Labute approximate surface area is 179 Å². The Morgan fingerprint density at radius 2 is 1.83 bits per heavy atom. The molecule has 3 aromatic rings. The van der Waals surface area contributed by atoms with Crippen LogP contribution in [0.1, 0.15) is 29.8 Å². The van der Waals surface area contributed by atoms with Crippen LogP contribution in [0.25, 0.3) is 5.65 Å². The van der Waals surface area contributed by atoms with Gasteiger partial charge in [0.2, 0.25) is 0 Å². The minimum atomic E-state index is -1.15. The second kappa shape index (κ2) is 9.07. The van der Waals surface area contributed by atoms with Crippen molar-refractivity contribution >= 4 is 22.5 Å². The number of nitrogens with one attached hydrogen (secondary N) is 1. The van der Waals surface area contributed by atoms with E-state index in [-0.39, 0.29) is 5.91 Å². The number of hydrogen-bond acceptors (Lipinski definition) is 4. The van der Waals surface area contributed by atoms with E-state index in [0.29, 0.717) is 18.2 Å². The van der Waals surface area contributed by atoms with Crippen LogP contribution in [-0.2, 0) is 17.5 Å². The number of pyridine rings is 1. The summed E-state index contributed by atoms with van der Waals surface area (Å²) in [5, 5.41) is 2.94. The maximum absolute atomic E-state index is 12.9. The third kappa shape index (κ3) is 4.61. The molecule has 30 heavy (non-hydrogen) atoms. The lowest BCUT2D eigenvalue weighted by Gasteiger charge is -2.35. The molecule has 7 nitrogen and oxygen atoms in total. The molecular weight excluding hydrogens is 398 g/mol. The molecule has 1 aromatic carbocycles. The Kier molecular flexibility index (Phi) is 6.26. The van der Waals surface area contributed by atoms with Crippen LogP contribution in [0, 0.1) is 0 Å². The van der Waals surface area contributed by atoms with Crippen LogP contribution in [0.4, 0.5) is 0 Å². The summed E-state index contributed by atoms with van der Waals surface area (Å²) in [4.78, 5) is 19.8. The fourth-order valence-electron chi connectivity index (χ4n) is 3.60. The van der Waals surface area contributed by atoms with Crippen molar-refractivity contribution in [3.05, 3.63) is 66.1 Å². The van der Waals surface area contributed by atoms with Gasteiger partial charge in [-0.25, -0.2) is 13.5 Å². The third-order valence-electron chi connectivity index (χ3n) is 5.47. The minimum Gasteiger partial charge on any atom is -0.348 e. The van der Waals surface area contributed by atoms with E-state index >= 15 is 0 Å². The molecule has 0 bridgehead atoms. The fourth-order valence-corrected chi connectivity index (χ4v) is 4.76. The van der Waals surface area contributed by atoms with Crippen LogP contribution < -0.4 is 5.32 Å². The lowest BCUT2D eigenvalue weighted by Crippen LogP contribution is -2.49. The van der Waals surface area contributed by atoms with Gasteiger partial charge in [0.25, 0.3) is 5.91 Å². The molecule has 2 aromatic heterocycles. The molecule has 8 heteroatoms. The van der Waals surface area contributed by atoms with Crippen LogP contribution >= 0.6 is 0 Å². The molecule has 1 aliphatic rings. The Balaban J connectivity index is 1.32. The number of hydrogen-bond donors (Lipinski definition) is 1. The molecule has 158 valence electrons. The van der Waals surface area contributed by atoms with Crippen molar-refractivity contribution in [3.8, 4) is 0 Å². The first-order valence-electron chi connectivity index (χ1n) is 10.2. The Bertz CT molecular complexity index is 1040. The topological polar surface area (TPSA) is 69.9 Å². The quantitative estimate of drug-likeness (QED) is 0.658. The second-order valence-electron chi connectivity index (χ2n) is 7.75. The highest BCUT2D eigenvalue weighted by atomic mass is 32.2. The molecule has 0 spiro atoms. The van der Waals surface area contributed by atoms with Crippen molar-refractivity contribution in [2.24, 2.45) is 0 Å². The van der Waals surface area contributed by atoms with Crippen LogP contribution in [0.5, 0.6) is 0 Å².